The van der Waals surface area contributed by atoms with Crippen LogP contribution in [0.4, 0.5) is 0 Å². The first-order valence-corrected chi connectivity index (χ1v) is 20.3. The molecule has 1 fully saturated rings. The van der Waals surface area contributed by atoms with Gasteiger partial charge in [-0.1, -0.05) is 0 Å². The van der Waals surface area contributed by atoms with Crippen molar-refractivity contribution in [3.63, 3.8) is 0 Å². The fourth-order valence-corrected chi connectivity index (χ4v) is 28.0. The second-order valence-corrected chi connectivity index (χ2v) is 22.5. The second-order valence-electron chi connectivity index (χ2n) is 11.3. The van der Waals surface area contributed by atoms with Crippen LogP contribution in [0.2, 0.25) is 16.0 Å². The predicted octanol–water partition coefficient (Wildman–Crippen LogP) is 8.93. The molecule has 1 saturated heterocycles. The van der Waals surface area contributed by atoms with Crippen LogP contribution in [0.3, 0.4) is 0 Å². The number of fused-ring (bicyclic) bond motifs is 6. The average Bonchev–Trinajstić information content (AvgIpc) is 3.50. The van der Waals surface area contributed by atoms with Gasteiger partial charge in [0.1, 0.15) is 0 Å². The van der Waals surface area contributed by atoms with Crippen molar-refractivity contribution in [1.82, 2.24) is 0 Å². The fraction of sp³-hybridized carbons (Fsp3) is 0.333. The van der Waals surface area contributed by atoms with Crippen LogP contribution in [0.15, 0.2) is 89.3 Å². The minimum absolute atomic E-state index is 0.717. The van der Waals surface area contributed by atoms with Gasteiger partial charge >= 0.3 is 217 Å². The van der Waals surface area contributed by atoms with Gasteiger partial charge in [-0.2, -0.15) is 0 Å². The van der Waals surface area contributed by atoms with E-state index in [1.54, 1.807) is 16.3 Å². The molecular formula is C33H38SiTi. The molecule has 0 amide bonds. The van der Waals surface area contributed by atoms with Crippen molar-refractivity contribution < 1.29 is 16.6 Å². The van der Waals surface area contributed by atoms with Gasteiger partial charge in [0.25, 0.3) is 0 Å². The third-order valence-corrected chi connectivity index (χ3v) is 24.6. The third kappa shape index (κ3) is 3.42. The Labute approximate surface area is 216 Å². The zero-order valence-corrected chi connectivity index (χ0v) is 24.1. The Morgan fingerprint density at radius 3 is 1.57 bits per heavy atom. The molecule has 2 aliphatic carbocycles. The molecule has 3 aromatic carbocycles. The Kier molecular flexibility index (Phi) is 6.16. The second kappa shape index (κ2) is 9.18. The molecule has 178 valence electrons. The van der Waals surface area contributed by atoms with Crippen LogP contribution in [0.5, 0.6) is 0 Å². The summed E-state index contributed by atoms with van der Waals surface area (Å²) in [6.07, 6.45) is 10.8. The van der Waals surface area contributed by atoms with E-state index in [0.29, 0.717) is 0 Å². The SMILES string of the molecule is CCC[CH2][Ti]1([CH2]CCC)[CH]2C(=Cc3ccccc32)[Si](C)(c2ccccc2)C2=Cc3ccccc3[CH]21. The number of benzene rings is 3. The zero-order valence-electron chi connectivity index (χ0n) is 21.6. The van der Waals surface area contributed by atoms with Gasteiger partial charge in [-0.25, -0.2) is 0 Å². The number of allylic oxidation sites excluding steroid dienone is 2. The van der Waals surface area contributed by atoms with Crippen LogP contribution < -0.4 is 5.19 Å². The normalized spacial score (nSPS) is 25.2. The maximum absolute atomic E-state index is 2.70. The van der Waals surface area contributed by atoms with Crippen LogP contribution in [0, 0.1) is 0 Å². The first-order valence-electron chi connectivity index (χ1n) is 13.8. The van der Waals surface area contributed by atoms with Gasteiger partial charge in [-0.3, -0.25) is 0 Å². The molecule has 0 spiro atoms. The van der Waals surface area contributed by atoms with E-state index in [2.05, 4.69) is 111 Å². The van der Waals surface area contributed by atoms with Gasteiger partial charge in [-0.05, 0) is 0 Å². The van der Waals surface area contributed by atoms with Gasteiger partial charge < -0.3 is 0 Å². The maximum atomic E-state index is 2.70. The molecule has 0 bridgehead atoms. The van der Waals surface area contributed by atoms with Crippen LogP contribution >= 0.6 is 0 Å². The molecule has 1 aliphatic heterocycles. The summed E-state index contributed by atoms with van der Waals surface area (Å²) in [6.45, 7) is 7.50. The molecule has 2 atom stereocenters. The van der Waals surface area contributed by atoms with E-state index in [-0.39, 0.29) is 0 Å². The van der Waals surface area contributed by atoms with E-state index in [1.165, 1.54) is 46.3 Å². The first kappa shape index (κ1) is 23.5. The molecule has 2 unspecified atom stereocenters. The Bertz CT molecular complexity index is 1220. The van der Waals surface area contributed by atoms with Crippen LogP contribution in [-0.2, 0) is 16.6 Å². The number of hydrogen-bond donors (Lipinski definition) is 0. The molecule has 1 heterocycles. The van der Waals surface area contributed by atoms with Gasteiger partial charge in [-0.15, -0.1) is 0 Å². The van der Waals surface area contributed by atoms with Gasteiger partial charge in [0.15, 0.2) is 0 Å². The Hall–Kier alpha value is -1.93. The number of unbranched alkanes of at least 4 members (excludes halogenated alkanes) is 2. The van der Waals surface area contributed by atoms with E-state index in [0.717, 1.165) is 8.45 Å². The van der Waals surface area contributed by atoms with Crippen molar-refractivity contribution in [2.75, 3.05) is 0 Å². The molecular weight excluding hydrogens is 472 g/mol. The molecule has 0 aromatic heterocycles. The molecule has 0 radical (unpaired) electrons. The summed E-state index contributed by atoms with van der Waals surface area (Å²) in [4.78, 5) is 0. The molecule has 0 nitrogen and oxygen atoms in total. The molecule has 3 aromatic rings. The standard InChI is InChI=1S/C25H20Si.2C4H9.Ti/c1-26(23-13-3-2-4-14-23,24-15-19-9-5-6-10-20(19)16-24)25-17-21-11-7-8-12-22(21)18-25;2*1-3-4-2;/h2-18H,1H3;2*1,3-4H2,2H3;. The summed E-state index contributed by atoms with van der Waals surface area (Å²) in [5, 5.41) is 5.31. The number of hydrogen-bond acceptors (Lipinski definition) is 0. The number of rotatable bonds is 7. The summed E-state index contributed by atoms with van der Waals surface area (Å²) in [7, 11) is -2.07. The van der Waals surface area contributed by atoms with Crippen molar-refractivity contribution >= 4 is 25.4 Å². The predicted molar refractivity (Wildman–Crippen MR) is 151 cm³/mol. The van der Waals surface area contributed by atoms with Crippen molar-refractivity contribution in [3.8, 4) is 0 Å². The Morgan fingerprint density at radius 2 is 1.09 bits per heavy atom. The van der Waals surface area contributed by atoms with Crippen LogP contribution in [-0.4, -0.2) is 8.07 Å². The molecule has 35 heavy (non-hydrogen) atoms. The Morgan fingerprint density at radius 1 is 0.629 bits per heavy atom. The molecule has 6 rings (SSSR count). The summed E-state index contributed by atoms with van der Waals surface area (Å²) in [6, 6.07) is 30.6. The fourth-order valence-electron chi connectivity index (χ4n) is 7.90. The van der Waals surface area contributed by atoms with Gasteiger partial charge in [0.2, 0.25) is 0 Å². The molecule has 0 saturated carbocycles. The Balaban J connectivity index is 1.68. The topological polar surface area (TPSA) is 0 Å². The summed E-state index contributed by atoms with van der Waals surface area (Å²) in [5.74, 6) is 0. The summed E-state index contributed by atoms with van der Waals surface area (Å²) >= 11 is -2.53. The quantitative estimate of drug-likeness (QED) is 0.278. The van der Waals surface area contributed by atoms with Crippen molar-refractivity contribution in [2.45, 2.75) is 64.0 Å². The molecule has 3 aliphatic rings. The average molecular weight is 511 g/mol. The zero-order chi connectivity index (χ0) is 24.0. The molecule has 0 N–H and O–H groups in total. The van der Waals surface area contributed by atoms with E-state index < -0.39 is 24.7 Å². The van der Waals surface area contributed by atoms with E-state index in [1.807, 2.05) is 10.4 Å². The third-order valence-electron chi connectivity index (χ3n) is 9.51. The van der Waals surface area contributed by atoms with Crippen LogP contribution in [0.1, 0.15) is 70.2 Å². The molecule has 2 heteroatoms. The van der Waals surface area contributed by atoms with E-state index >= 15 is 0 Å². The van der Waals surface area contributed by atoms with Gasteiger partial charge in [0, 0.05) is 0 Å². The van der Waals surface area contributed by atoms with Gasteiger partial charge in [0.05, 0.1) is 0 Å². The summed E-state index contributed by atoms with van der Waals surface area (Å²) in [5.41, 5.74) is 6.43. The van der Waals surface area contributed by atoms with Crippen molar-refractivity contribution in [3.05, 3.63) is 112 Å². The monoisotopic (exact) mass is 510 g/mol. The van der Waals surface area contributed by atoms with Crippen LogP contribution in [0.25, 0.3) is 12.2 Å². The first-order chi connectivity index (χ1) is 17.1. The summed E-state index contributed by atoms with van der Waals surface area (Å²) < 4.78 is 4.44. The minimum atomic E-state index is -2.53. The van der Waals surface area contributed by atoms with E-state index in [4.69, 9.17) is 0 Å². The van der Waals surface area contributed by atoms with Crippen molar-refractivity contribution in [2.24, 2.45) is 0 Å². The van der Waals surface area contributed by atoms with Crippen molar-refractivity contribution in [1.29, 1.82) is 0 Å². The van der Waals surface area contributed by atoms with E-state index in [9.17, 15) is 0 Å².